The summed E-state index contributed by atoms with van der Waals surface area (Å²) in [7, 11) is 0. The summed E-state index contributed by atoms with van der Waals surface area (Å²) in [5.74, 6) is 0.256. The Morgan fingerprint density at radius 3 is 2.62 bits per heavy atom. The highest BCUT2D eigenvalue weighted by molar-refractivity contribution is 5.99. The van der Waals surface area contributed by atoms with Crippen molar-refractivity contribution in [1.29, 1.82) is 0 Å². The smallest absolute Gasteiger partial charge is 0.240 e. The van der Waals surface area contributed by atoms with Gasteiger partial charge in [0.2, 0.25) is 5.91 Å². The number of carbonyl (C=O) groups is 2. The van der Waals surface area contributed by atoms with Gasteiger partial charge in [0, 0.05) is 30.0 Å². The van der Waals surface area contributed by atoms with Crippen molar-refractivity contribution < 1.29 is 14.3 Å². The molecule has 0 bridgehead atoms. The normalized spacial score (nSPS) is 22.6. The highest BCUT2D eigenvalue weighted by Gasteiger charge is 2.33. The van der Waals surface area contributed by atoms with Crippen LogP contribution >= 0.6 is 0 Å². The van der Waals surface area contributed by atoms with Crippen molar-refractivity contribution in [2.24, 2.45) is 0 Å². The molecule has 1 atom stereocenters. The molecule has 6 nitrogen and oxygen atoms in total. The van der Waals surface area contributed by atoms with E-state index in [1.165, 1.54) is 0 Å². The second-order valence-corrected chi connectivity index (χ2v) is 6.83. The molecule has 2 aliphatic heterocycles. The fraction of sp³-hybridized carbons (Fsp3) is 0.667. The zero-order chi connectivity index (χ0) is 17.1. The Balaban J connectivity index is 1.68. The first-order chi connectivity index (χ1) is 11.6. The number of H-pyrrole nitrogens is 1. The molecule has 2 saturated heterocycles. The van der Waals surface area contributed by atoms with E-state index in [0.717, 1.165) is 42.8 Å². The molecule has 0 saturated carbocycles. The lowest BCUT2D eigenvalue weighted by Gasteiger charge is -2.38. The van der Waals surface area contributed by atoms with Crippen LogP contribution in [0.1, 0.15) is 41.0 Å². The van der Waals surface area contributed by atoms with Crippen molar-refractivity contribution in [1.82, 2.24) is 14.8 Å². The van der Waals surface area contributed by atoms with Gasteiger partial charge in [0.05, 0.1) is 25.8 Å². The Morgan fingerprint density at radius 1 is 1.21 bits per heavy atom. The summed E-state index contributed by atoms with van der Waals surface area (Å²) in [6.45, 7) is 7.55. The van der Waals surface area contributed by atoms with Crippen molar-refractivity contribution in [2.75, 3.05) is 39.4 Å². The summed E-state index contributed by atoms with van der Waals surface area (Å²) in [6, 6.07) is 1.74. The maximum atomic E-state index is 12.9. The number of Topliss-reactive ketones (excluding diaryl/α,β-unsaturated/α-hetero) is 1. The predicted octanol–water partition coefficient (Wildman–Crippen LogP) is 1.53. The van der Waals surface area contributed by atoms with Gasteiger partial charge in [0.15, 0.2) is 5.78 Å². The summed E-state index contributed by atoms with van der Waals surface area (Å²) >= 11 is 0. The zero-order valence-corrected chi connectivity index (χ0v) is 14.6. The van der Waals surface area contributed by atoms with Gasteiger partial charge in [-0.1, -0.05) is 6.42 Å². The number of aromatic amines is 1. The molecule has 0 spiro atoms. The third kappa shape index (κ3) is 3.70. The average molecular weight is 333 g/mol. The predicted molar refractivity (Wildman–Crippen MR) is 91.2 cm³/mol. The third-order valence-electron chi connectivity index (χ3n) is 5.02. The van der Waals surface area contributed by atoms with Crippen LogP contribution in [0.25, 0.3) is 0 Å². The minimum atomic E-state index is -0.166. The fourth-order valence-corrected chi connectivity index (χ4v) is 3.74. The summed E-state index contributed by atoms with van der Waals surface area (Å²) in [5.41, 5.74) is 2.65. The molecule has 0 aliphatic carbocycles. The van der Waals surface area contributed by atoms with E-state index in [1.54, 1.807) is 0 Å². The number of ketones is 1. The molecule has 1 aromatic rings. The lowest BCUT2D eigenvalue weighted by Crippen LogP contribution is -2.54. The van der Waals surface area contributed by atoms with Gasteiger partial charge in [0.1, 0.15) is 0 Å². The third-order valence-corrected chi connectivity index (χ3v) is 5.02. The number of hydrogen-bond donors (Lipinski definition) is 1. The van der Waals surface area contributed by atoms with Gasteiger partial charge in [-0.3, -0.25) is 14.5 Å². The molecule has 0 unspecified atom stereocenters. The SMILES string of the molecule is Cc1cc(C(=O)CN2CCCC[C@@H]2C(=O)N2CCOCC2)c(C)[nH]1. The van der Waals surface area contributed by atoms with Gasteiger partial charge in [-0.25, -0.2) is 0 Å². The molecule has 1 amide bonds. The topological polar surface area (TPSA) is 65.6 Å². The van der Waals surface area contributed by atoms with E-state index in [4.69, 9.17) is 4.74 Å². The van der Waals surface area contributed by atoms with Crippen LogP contribution in [0.15, 0.2) is 6.07 Å². The number of carbonyl (C=O) groups excluding carboxylic acids is 2. The number of nitrogens with one attached hydrogen (secondary N) is 1. The molecule has 132 valence electrons. The summed E-state index contributed by atoms with van der Waals surface area (Å²) in [6.07, 6.45) is 2.94. The van der Waals surface area contributed by atoms with Crippen molar-refractivity contribution in [3.05, 3.63) is 23.0 Å². The molecule has 1 aromatic heterocycles. The Bertz CT molecular complexity index is 605. The van der Waals surface area contributed by atoms with Crippen LogP contribution in [0.3, 0.4) is 0 Å². The zero-order valence-electron chi connectivity index (χ0n) is 14.6. The van der Waals surface area contributed by atoms with Gasteiger partial charge < -0.3 is 14.6 Å². The molecule has 0 radical (unpaired) electrons. The molecule has 1 N–H and O–H groups in total. The number of likely N-dealkylation sites (tertiary alicyclic amines) is 1. The minimum absolute atomic E-state index is 0.0959. The molecule has 2 fully saturated rings. The minimum Gasteiger partial charge on any atom is -0.378 e. The van der Waals surface area contributed by atoms with Crippen molar-refractivity contribution >= 4 is 11.7 Å². The molecular formula is C18H27N3O3. The maximum absolute atomic E-state index is 12.9. The van der Waals surface area contributed by atoms with Gasteiger partial charge in [0.25, 0.3) is 0 Å². The van der Waals surface area contributed by atoms with Gasteiger partial charge in [-0.2, -0.15) is 0 Å². The summed E-state index contributed by atoms with van der Waals surface area (Å²) < 4.78 is 5.34. The summed E-state index contributed by atoms with van der Waals surface area (Å²) in [4.78, 5) is 32.7. The molecule has 2 aliphatic rings. The largest absolute Gasteiger partial charge is 0.378 e. The monoisotopic (exact) mass is 333 g/mol. The number of nitrogens with zero attached hydrogens (tertiary/aromatic N) is 2. The number of rotatable bonds is 4. The first-order valence-electron chi connectivity index (χ1n) is 8.86. The molecule has 3 heterocycles. The van der Waals surface area contributed by atoms with Crippen LogP contribution in [0.5, 0.6) is 0 Å². The molecule has 0 aromatic carbocycles. The van der Waals surface area contributed by atoms with Crippen molar-refractivity contribution in [2.45, 2.75) is 39.2 Å². The number of morpholine rings is 1. The maximum Gasteiger partial charge on any atom is 0.240 e. The average Bonchev–Trinajstić information content (AvgIpc) is 2.94. The number of aryl methyl sites for hydroxylation is 2. The molecule has 24 heavy (non-hydrogen) atoms. The number of aromatic nitrogens is 1. The lowest BCUT2D eigenvalue weighted by molar-refractivity contribution is -0.142. The Kier molecular flexibility index (Phi) is 5.36. The first-order valence-corrected chi connectivity index (χ1v) is 8.86. The Morgan fingerprint density at radius 2 is 1.96 bits per heavy atom. The van der Waals surface area contributed by atoms with Crippen molar-refractivity contribution in [3.63, 3.8) is 0 Å². The number of hydrogen-bond acceptors (Lipinski definition) is 4. The fourth-order valence-electron chi connectivity index (χ4n) is 3.74. The van der Waals surface area contributed by atoms with E-state index in [9.17, 15) is 9.59 Å². The van der Waals surface area contributed by atoms with Crippen LogP contribution in [0.4, 0.5) is 0 Å². The molecule has 3 rings (SSSR count). The van der Waals surface area contributed by atoms with E-state index < -0.39 is 0 Å². The standard InChI is InChI=1S/C18H27N3O3/c1-13-11-15(14(2)19-13)17(22)12-21-6-4-3-5-16(21)18(23)20-7-9-24-10-8-20/h11,16,19H,3-10,12H2,1-2H3/t16-/m1/s1. The highest BCUT2D eigenvalue weighted by Crippen LogP contribution is 2.21. The number of ether oxygens (including phenoxy) is 1. The highest BCUT2D eigenvalue weighted by atomic mass is 16.5. The van der Waals surface area contributed by atoms with Gasteiger partial charge in [-0.15, -0.1) is 0 Å². The quantitative estimate of drug-likeness (QED) is 0.849. The molecule has 6 heteroatoms. The van der Waals surface area contributed by atoms with E-state index in [2.05, 4.69) is 9.88 Å². The summed E-state index contributed by atoms with van der Waals surface area (Å²) in [5, 5.41) is 0. The first kappa shape index (κ1) is 17.2. The Hall–Kier alpha value is -1.66. The number of amides is 1. The van der Waals surface area contributed by atoms with E-state index >= 15 is 0 Å². The van der Waals surface area contributed by atoms with E-state index in [-0.39, 0.29) is 17.7 Å². The van der Waals surface area contributed by atoms with Gasteiger partial charge >= 0.3 is 0 Å². The van der Waals surface area contributed by atoms with Crippen LogP contribution < -0.4 is 0 Å². The second kappa shape index (κ2) is 7.49. The van der Waals surface area contributed by atoms with Crippen LogP contribution in [0.2, 0.25) is 0 Å². The van der Waals surface area contributed by atoms with E-state index in [0.29, 0.717) is 32.8 Å². The molecular weight excluding hydrogens is 306 g/mol. The van der Waals surface area contributed by atoms with Crippen LogP contribution in [0, 0.1) is 13.8 Å². The second-order valence-electron chi connectivity index (χ2n) is 6.83. The van der Waals surface area contributed by atoms with Gasteiger partial charge in [-0.05, 0) is 39.3 Å². The van der Waals surface area contributed by atoms with Crippen LogP contribution in [-0.2, 0) is 9.53 Å². The van der Waals surface area contributed by atoms with Crippen molar-refractivity contribution in [3.8, 4) is 0 Å². The van der Waals surface area contributed by atoms with E-state index in [1.807, 2.05) is 24.8 Å². The lowest BCUT2D eigenvalue weighted by atomic mass is 9.99. The number of piperidine rings is 1. The van der Waals surface area contributed by atoms with Crippen LogP contribution in [-0.4, -0.2) is 71.9 Å². The Labute approximate surface area is 143 Å².